The molecule has 0 aromatic carbocycles. The average molecular weight is 405 g/mol. The molecule has 12 heteroatoms. The molecule has 144 valence electrons. The summed E-state index contributed by atoms with van der Waals surface area (Å²) in [6.45, 7) is 1.09. The number of rotatable bonds is 5. The molecule has 0 bridgehead atoms. The van der Waals surface area contributed by atoms with E-state index in [1.165, 1.54) is 6.92 Å². The summed E-state index contributed by atoms with van der Waals surface area (Å²) in [5.41, 5.74) is -1.11. The van der Waals surface area contributed by atoms with Crippen LogP contribution in [0.3, 0.4) is 0 Å². The van der Waals surface area contributed by atoms with E-state index in [9.17, 15) is 27.6 Å². The van der Waals surface area contributed by atoms with Crippen LogP contribution < -0.4 is 5.32 Å². The molecule has 3 rings (SSSR count). The third-order valence-corrected chi connectivity index (χ3v) is 4.35. The molecule has 3 heterocycles. The Morgan fingerprint density at radius 1 is 1.37 bits per heavy atom. The van der Waals surface area contributed by atoms with Gasteiger partial charge in [-0.05, 0) is 6.07 Å². The minimum absolute atomic E-state index is 0.0123. The van der Waals surface area contributed by atoms with Gasteiger partial charge in [-0.25, -0.2) is 4.98 Å². The molecule has 2 amide bonds. The molecule has 0 unspecified atom stereocenters. The molecule has 1 aromatic heterocycles. The second-order valence-electron chi connectivity index (χ2n) is 5.84. The topological polar surface area (TPSA) is 101 Å². The normalized spacial score (nSPS) is 21.8. The van der Waals surface area contributed by atoms with Gasteiger partial charge < -0.3 is 10.2 Å². The number of aromatic nitrogens is 1. The molecule has 2 aliphatic heterocycles. The number of carbonyl (C=O) groups is 3. The van der Waals surface area contributed by atoms with Crippen LogP contribution in [0.2, 0.25) is 5.02 Å². The van der Waals surface area contributed by atoms with E-state index < -0.39 is 41.4 Å². The van der Waals surface area contributed by atoms with Crippen molar-refractivity contribution in [3.8, 4) is 0 Å². The Kier molecular flexibility index (Phi) is 4.81. The SMILES string of the molecule is CC(=O)C1=NO[C@@H]2C(=O)N(CCNc3ncc(C(F)(F)F)cc3Cl)C(=O)[C@H]12. The van der Waals surface area contributed by atoms with E-state index in [0.29, 0.717) is 6.20 Å². The number of pyridine rings is 1. The number of ketones is 1. The Balaban J connectivity index is 1.63. The number of imide groups is 1. The largest absolute Gasteiger partial charge is 0.417 e. The molecule has 1 saturated heterocycles. The third-order valence-electron chi connectivity index (χ3n) is 4.06. The number of Topliss-reactive ketones (excluding diaryl/α,β-unsaturated/α-hetero) is 1. The first-order chi connectivity index (χ1) is 12.6. The number of anilines is 1. The Bertz CT molecular complexity index is 858. The van der Waals surface area contributed by atoms with Crippen molar-refractivity contribution in [1.82, 2.24) is 9.88 Å². The van der Waals surface area contributed by atoms with Crippen LogP contribution in [-0.4, -0.2) is 52.4 Å². The summed E-state index contributed by atoms with van der Waals surface area (Å²) >= 11 is 5.77. The summed E-state index contributed by atoms with van der Waals surface area (Å²) < 4.78 is 37.8. The highest BCUT2D eigenvalue weighted by Crippen LogP contribution is 2.33. The second-order valence-corrected chi connectivity index (χ2v) is 6.25. The van der Waals surface area contributed by atoms with Crippen LogP contribution in [0, 0.1) is 5.92 Å². The fourth-order valence-corrected chi connectivity index (χ4v) is 2.98. The number of alkyl halides is 3. The summed E-state index contributed by atoms with van der Waals surface area (Å²) in [6.07, 6.45) is -5.12. The van der Waals surface area contributed by atoms with Gasteiger partial charge in [0.2, 0.25) is 12.0 Å². The molecule has 2 atom stereocenters. The summed E-state index contributed by atoms with van der Waals surface area (Å²) in [5, 5.41) is 5.90. The van der Waals surface area contributed by atoms with Gasteiger partial charge >= 0.3 is 6.18 Å². The molecule has 0 saturated carbocycles. The van der Waals surface area contributed by atoms with Crippen molar-refractivity contribution in [3.63, 3.8) is 0 Å². The fraction of sp³-hybridized carbons (Fsp3) is 0.400. The van der Waals surface area contributed by atoms with E-state index in [1.807, 2.05) is 0 Å². The van der Waals surface area contributed by atoms with Crippen molar-refractivity contribution in [2.45, 2.75) is 19.2 Å². The lowest BCUT2D eigenvalue weighted by Crippen LogP contribution is -2.37. The lowest BCUT2D eigenvalue weighted by Gasteiger charge is -2.16. The monoisotopic (exact) mass is 404 g/mol. The first kappa shape index (κ1) is 19.1. The highest BCUT2D eigenvalue weighted by atomic mass is 35.5. The summed E-state index contributed by atoms with van der Waals surface area (Å²) in [6, 6.07) is 0.719. The summed E-state index contributed by atoms with van der Waals surface area (Å²) in [4.78, 5) is 45.5. The molecule has 1 fully saturated rings. The molecule has 1 N–H and O–H groups in total. The Labute approximate surface area is 155 Å². The maximum Gasteiger partial charge on any atom is 0.417 e. The quantitative estimate of drug-likeness (QED) is 0.746. The van der Waals surface area contributed by atoms with E-state index in [4.69, 9.17) is 16.4 Å². The molecule has 0 aliphatic carbocycles. The first-order valence-electron chi connectivity index (χ1n) is 7.67. The minimum atomic E-state index is -4.57. The zero-order valence-electron chi connectivity index (χ0n) is 13.7. The Morgan fingerprint density at radius 3 is 2.67 bits per heavy atom. The molecular formula is C15H12ClF3N4O4. The van der Waals surface area contributed by atoms with Crippen LogP contribution in [0.25, 0.3) is 0 Å². The highest BCUT2D eigenvalue weighted by Gasteiger charge is 2.56. The van der Waals surface area contributed by atoms with E-state index in [-0.39, 0.29) is 29.6 Å². The highest BCUT2D eigenvalue weighted by molar-refractivity contribution is 6.45. The van der Waals surface area contributed by atoms with Crippen molar-refractivity contribution in [2.75, 3.05) is 18.4 Å². The van der Waals surface area contributed by atoms with Crippen LogP contribution >= 0.6 is 11.6 Å². The number of nitrogens with zero attached hydrogens (tertiary/aromatic N) is 3. The van der Waals surface area contributed by atoms with E-state index in [1.54, 1.807) is 0 Å². The number of carbonyl (C=O) groups excluding carboxylic acids is 3. The van der Waals surface area contributed by atoms with Crippen molar-refractivity contribution in [2.24, 2.45) is 11.1 Å². The molecular weight excluding hydrogens is 393 g/mol. The second kappa shape index (κ2) is 6.80. The Morgan fingerprint density at radius 2 is 2.07 bits per heavy atom. The van der Waals surface area contributed by atoms with Gasteiger partial charge in [-0.2, -0.15) is 13.2 Å². The lowest BCUT2D eigenvalue weighted by molar-refractivity contribution is -0.142. The minimum Gasteiger partial charge on any atom is -0.381 e. The molecule has 0 radical (unpaired) electrons. The zero-order chi connectivity index (χ0) is 19.9. The predicted molar refractivity (Wildman–Crippen MR) is 85.9 cm³/mol. The van der Waals surface area contributed by atoms with Gasteiger partial charge in [0, 0.05) is 26.2 Å². The predicted octanol–water partition coefficient (Wildman–Crippen LogP) is 1.49. The van der Waals surface area contributed by atoms with E-state index in [0.717, 1.165) is 11.0 Å². The van der Waals surface area contributed by atoms with Crippen LogP contribution in [-0.2, 0) is 25.4 Å². The van der Waals surface area contributed by atoms with Gasteiger partial charge in [0.25, 0.3) is 5.91 Å². The summed E-state index contributed by atoms with van der Waals surface area (Å²) in [7, 11) is 0. The zero-order valence-corrected chi connectivity index (χ0v) is 14.5. The standard InChI is InChI=1S/C15H12ClF3N4O4/c1-6(24)10-9-11(27-22-10)14(26)23(13(9)25)3-2-20-12-8(16)4-7(5-21-12)15(17,18)19/h4-5,9,11H,2-3H2,1H3,(H,20,21)/t9-,11+/m1/s1. The fourth-order valence-electron chi connectivity index (χ4n) is 2.75. The van der Waals surface area contributed by atoms with Crippen molar-refractivity contribution in [3.05, 3.63) is 22.8 Å². The maximum atomic E-state index is 12.6. The van der Waals surface area contributed by atoms with E-state index >= 15 is 0 Å². The van der Waals surface area contributed by atoms with Gasteiger partial charge in [-0.1, -0.05) is 16.8 Å². The van der Waals surface area contributed by atoms with Crippen LogP contribution in [0.4, 0.5) is 19.0 Å². The number of halogens is 4. The van der Waals surface area contributed by atoms with Crippen LogP contribution in [0.15, 0.2) is 17.4 Å². The third kappa shape index (κ3) is 3.46. The van der Waals surface area contributed by atoms with E-state index in [2.05, 4.69) is 15.5 Å². The van der Waals surface area contributed by atoms with Crippen molar-refractivity contribution < 1.29 is 32.4 Å². The number of nitrogens with one attached hydrogen (secondary N) is 1. The molecule has 8 nitrogen and oxygen atoms in total. The maximum absolute atomic E-state index is 12.6. The number of hydrogen-bond acceptors (Lipinski definition) is 7. The van der Waals surface area contributed by atoms with Gasteiger partial charge in [0.05, 0.1) is 10.6 Å². The van der Waals surface area contributed by atoms with Crippen molar-refractivity contribution in [1.29, 1.82) is 0 Å². The van der Waals surface area contributed by atoms with Crippen LogP contribution in [0.5, 0.6) is 0 Å². The summed E-state index contributed by atoms with van der Waals surface area (Å²) in [5.74, 6) is -2.82. The van der Waals surface area contributed by atoms with Gasteiger partial charge in [0.15, 0.2) is 5.78 Å². The number of fused-ring (bicyclic) bond motifs is 1. The van der Waals surface area contributed by atoms with Crippen LogP contribution in [0.1, 0.15) is 12.5 Å². The number of oxime groups is 1. The van der Waals surface area contributed by atoms with Crippen molar-refractivity contribution >= 4 is 40.7 Å². The van der Waals surface area contributed by atoms with Gasteiger partial charge in [-0.15, -0.1) is 0 Å². The van der Waals surface area contributed by atoms with Gasteiger partial charge in [-0.3, -0.25) is 19.3 Å². The average Bonchev–Trinajstić information content (AvgIpc) is 3.11. The molecule has 2 aliphatic rings. The molecule has 0 spiro atoms. The number of likely N-dealkylation sites (tertiary alicyclic amines) is 1. The molecule has 27 heavy (non-hydrogen) atoms. The van der Waals surface area contributed by atoms with Gasteiger partial charge in [0.1, 0.15) is 17.4 Å². The lowest BCUT2D eigenvalue weighted by atomic mass is 9.97. The first-order valence-corrected chi connectivity index (χ1v) is 8.05. The number of hydrogen-bond donors (Lipinski definition) is 1. The Hall–Kier alpha value is -2.69. The smallest absolute Gasteiger partial charge is 0.381 e. The number of amides is 2. The molecule has 1 aromatic rings.